The van der Waals surface area contributed by atoms with Crippen molar-refractivity contribution < 1.29 is 9.66 Å². The molecule has 0 aromatic heterocycles. The summed E-state index contributed by atoms with van der Waals surface area (Å²) in [4.78, 5) is 10.5. The van der Waals surface area contributed by atoms with Crippen molar-refractivity contribution >= 4 is 5.69 Å². The molecule has 1 aliphatic carbocycles. The number of nitriles is 1. The van der Waals surface area contributed by atoms with E-state index >= 15 is 0 Å². The Bertz CT molecular complexity index is 502. The number of benzene rings is 1. The molecule has 5 heteroatoms. The summed E-state index contributed by atoms with van der Waals surface area (Å²) in [5.41, 5.74) is 0.145. The monoisotopic (exact) mass is 260 g/mol. The van der Waals surface area contributed by atoms with Gasteiger partial charge in [-0.2, -0.15) is 5.26 Å². The van der Waals surface area contributed by atoms with Crippen LogP contribution in [0.5, 0.6) is 5.75 Å². The first kappa shape index (κ1) is 13.3. The Morgan fingerprint density at radius 3 is 2.74 bits per heavy atom. The van der Waals surface area contributed by atoms with Crippen LogP contribution in [-0.2, 0) is 0 Å². The van der Waals surface area contributed by atoms with Crippen molar-refractivity contribution in [3.05, 3.63) is 33.9 Å². The molecule has 0 radical (unpaired) electrons. The molecular formula is C14H16N2O3. The molecule has 100 valence electrons. The molecule has 5 nitrogen and oxygen atoms in total. The van der Waals surface area contributed by atoms with E-state index in [1.807, 2.05) is 6.07 Å². The fourth-order valence-corrected chi connectivity index (χ4v) is 2.41. The predicted octanol–water partition coefficient (Wildman–Crippen LogP) is 3.43. The maximum absolute atomic E-state index is 11.0. The van der Waals surface area contributed by atoms with Crippen LogP contribution in [0, 0.1) is 27.4 Å². The highest BCUT2D eigenvalue weighted by Gasteiger charge is 2.19. The van der Waals surface area contributed by atoms with E-state index in [-0.39, 0.29) is 17.0 Å². The number of hydrogen-bond donors (Lipinski definition) is 0. The molecule has 0 N–H and O–H groups in total. The molecular weight excluding hydrogens is 244 g/mol. The van der Waals surface area contributed by atoms with Crippen LogP contribution in [0.25, 0.3) is 0 Å². The van der Waals surface area contributed by atoms with E-state index in [1.165, 1.54) is 31.4 Å². The average Bonchev–Trinajstić information content (AvgIpc) is 2.46. The second-order valence-electron chi connectivity index (χ2n) is 4.87. The van der Waals surface area contributed by atoms with Crippen molar-refractivity contribution in [2.75, 3.05) is 6.61 Å². The topological polar surface area (TPSA) is 76.2 Å². The molecule has 1 fully saturated rings. The molecule has 0 saturated heterocycles. The maximum Gasteiger partial charge on any atom is 0.312 e. The van der Waals surface area contributed by atoms with Gasteiger partial charge in [0.25, 0.3) is 0 Å². The Balaban J connectivity index is 2.06. The maximum atomic E-state index is 11.0. The third-order valence-corrected chi connectivity index (χ3v) is 3.48. The van der Waals surface area contributed by atoms with Gasteiger partial charge < -0.3 is 4.74 Å². The minimum Gasteiger partial charge on any atom is -0.487 e. The average molecular weight is 260 g/mol. The summed E-state index contributed by atoms with van der Waals surface area (Å²) in [5, 5.41) is 19.7. The number of nitro groups is 1. The van der Waals surface area contributed by atoms with Gasteiger partial charge in [-0.05, 0) is 30.9 Å². The number of nitrogens with zero attached hydrogens (tertiary/aromatic N) is 2. The van der Waals surface area contributed by atoms with Crippen LogP contribution in [-0.4, -0.2) is 11.5 Å². The Labute approximate surface area is 112 Å². The van der Waals surface area contributed by atoms with Gasteiger partial charge >= 0.3 is 5.69 Å². The first-order chi connectivity index (χ1) is 9.20. The number of rotatable bonds is 4. The van der Waals surface area contributed by atoms with E-state index in [1.54, 1.807) is 6.07 Å². The largest absolute Gasteiger partial charge is 0.487 e. The lowest BCUT2D eigenvalue weighted by Crippen LogP contribution is -2.15. The molecule has 0 bridgehead atoms. The number of hydrogen-bond acceptors (Lipinski definition) is 4. The second-order valence-corrected chi connectivity index (χ2v) is 4.87. The molecule has 0 atom stereocenters. The zero-order valence-electron chi connectivity index (χ0n) is 10.7. The van der Waals surface area contributed by atoms with Crippen molar-refractivity contribution in [1.82, 2.24) is 0 Å². The van der Waals surface area contributed by atoms with E-state index in [4.69, 9.17) is 10.00 Å². The van der Waals surface area contributed by atoms with E-state index in [0.717, 1.165) is 12.8 Å². The number of nitro benzene ring substituents is 1. The van der Waals surface area contributed by atoms with Gasteiger partial charge in [0.2, 0.25) is 0 Å². The quantitative estimate of drug-likeness (QED) is 0.614. The fourth-order valence-electron chi connectivity index (χ4n) is 2.41. The van der Waals surface area contributed by atoms with Crippen LogP contribution in [0.15, 0.2) is 18.2 Å². The fraction of sp³-hybridized carbons (Fsp3) is 0.500. The van der Waals surface area contributed by atoms with E-state index in [0.29, 0.717) is 12.5 Å². The summed E-state index contributed by atoms with van der Waals surface area (Å²) in [6.07, 6.45) is 5.95. The molecule has 1 aliphatic rings. The Kier molecular flexibility index (Phi) is 4.35. The predicted molar refractivity (Wildman–Crippen MR) is 69.9 cm³/mol. The van der Waals surface area contributed by atoms with Crippen molar-refractivity contribution in [3.8, 4) is 11.8 Å². The molecule has 0 unspecified atom stereocenters. The third-order valence-electron chi connectivity index (χ3n) is 3.48. The zero-order valence-corrected chi connectivity index (χ0v) is 10.7. The molecule has 1 aromatic rings. The van der Waals surface area contributed by atoms with Crippen LogP contribution in [0.1, 0.15) is 37.7 Å². The van der Waals surface area contributed by atoms with Gasteiger partial charge in [0.05, 0.1) is 23.2 Å². The number of ether oxygens (including phenoxy) is 1. The van der Waals surface area contributed by atoms with Crippen LogP contribution >= 0.6 is 0 Å². The molecule has 0 heterocycles. The van der Waals surface area contributed by atoms with Crippen LogP contribution in [0.2, 0.25) is 0 Å². The minimum absolute atomic E-state index is 0.130. The SMILES string of the molecule is N#Cc1ccc(OCC2CCCCC2)c([N+](=O)[O-])c1. The summed E-state index contributed by atoms with van der Waals surface area (Å²) in [6.45, 7) is 0.521. The van der Waals surface area contributed by atoms with Crippen LogP contribution in [0.4, 0.5) is 5.69 Å². The lowest BCUT2D eigenvalue weighted by molar-refractivity contribution is -0.385. The standard InChI is InChI=1S/C14H16N2O3/c15-9-12-6-7-14(13(8-12)16(17)18)19-10-11-4-2-1-3-5-11/h6-8,11H,1-5,10H2. The van der Waals surface area contributed by atoms with Crippen molar-refractivity contribution in [2.24, 2.45) is 5.92 Å². The smallest absolute Gasteiger partial charge is 0.312 e. The highest BCUT2D eigenvalue weighted by molar-refractivity contribution is 5.51. The minimum atomic E-state index is -0.503. The van der Waals surface area contributed by atoms with Gasteiger partial charge in [0.1, 0.15) is 0 Å². The van der Waals surface area contributed by atoms with Crippen molar-refractivity contribution in [3.63, 3.8) is 0 Å². The Morgan fingerprint density at radius 1 is 1.37 bits per heavy atom. The lowest BCUT2D eigenvalue weighted by atomic mass is 9.90. The first-order valence-electron chi connectivity index (χ1n) is 6.52. The van der Waals surface area contributed by atoms with E-state index in [9.17, 15) is 10.1 Å². The molecule has 0 spiro atoms. The van der Waals surface area contributed by atoms with Gasteiger partial charge in [0, 0.05) is 6.07 Å². The normalized spacial score (nSPS) is 15.7. The summed E-state index contributed by atoms with van der Waals surface area (Å²) in [5.74, 6) is 0.749. The molecule has 1 aromatic carbocycles. The first-order valence-corrected chi connectivity index (χ1v) is 6.52. The highest BCUT2D eigenvalue weighted by Crippen LogP contribution is 2.30. The zero-order chi connectivity index (χ0) is 13.7. The van der Waals surface area contributed by atoms with Gasteiger partial charge in [-0.15, -0.1) is 0 Å². The second kappa shape index (κ2) is 6.19. The van der Waals surface area contributed by atoms with Gasteiger partial charge in [-0.25, -0.2) is 0 Å². The molecule has 0 amide bonds. The third kappa shape index (κ3) is 3.44. The summed E-state index contributed by atoms with van der Waals surface area (Å²) in [7, 11) is 0. The molecule has 19 heavy (non-hydrogen) atoms. The van der Waals surface area contributed by atoms with E-state index in [2.05, 4.69) is 0 Å². The Hall–Kier alpha value is -2.09. The molecule has 1 saturated carbocycles. The Morgan fingerprint density at radius 2 is 2.11 bits per heavy atom. The summed E-state index contributed by atoms with van der Waals surface area (Å²) in [6, 6.07) is 6.21. The summed E-state index contributed by atoms with van der Waals surface area (Å²) < 4.78 is 5.59. The van der Waals surface area contributed by atoms with Gasteiger partial charge in [-0.3, -0.25) is 10.1 Å². The van der Waals surface area contributed by atoms with Crippen molar-refractivity contribution in [1.29, 1.82) is 5.26 Å². The molecule has 0 aliphatic heterocycles. The van der Waals surface area contributed by atoms with Crippen LogP contribution in [0.3, 0.4) is 0 Å². The molecule has 2 rings (SSSR count). The summed E-state index contributed by atoms with van der Waals surface area (Å²) >= 11 is 0. The van der Waals surface area contributed by atoms with Gasteiger partial charge in [0.15, 0.2) is 5.75 Å². The van der Waals surface area contributed by atoms with Crippen LogP contribution < -0.4 is 4.74 Å². The lowest BCUT2D eigenvalue weighted by Gasteiger charge is -2.21. The van der Waals surface area contributed by atoms with Gasteiger partial charge in [-0.1, -0.05) is 19.3 Å². The van der Waals surface area contributed by atoms with E-state index < -0.39 is 4.92 Å². The highest BCUT2D eigenvalue weighted by atomic mass is 16.6. The van der Waals surface area contributed by atoms with Crippen molar-refractivity contribution in [2.45, 2.75) is 32.1 Å².